The summed E-state index contributed by atoms with van der Waals surface area (Å²) in [4.78, 5) is 0. The molecule has 38 heavy (non-hydrogen) atoms. The molecule has 200 valence electrons. The molecule has 0 amide bonds. The highest BCUT2D eigenvalue weighted by molar-refractivity contribution is 5.99. The van der Waals surface area contributed by atoms with Gasteiger partial charge in [0.25, 0.3) is 0 Å². The summed E-state index contributed by atoms with van der Waals surface area (Å²) < 4.78 is 17.0. The second kappa shape index (κ2) is 13.1. The molecule has 0 radical (unpaired) electrons. The van der Waals surface area contributed by atoms with Crippen LogP contribution in [0.5, 0.6) is 11.5 Å². The lowest BCUT2D eigenvalue weighted by atomic mass is 9.81. The number of hydrogen-bond acceptors (Lipinski definition) is 4. The lowest BCUT2D eigenvalue weighted by Crippen LogP contribution is -2.35. The fourth-order valence-electron chi connectivity index (χ4n) is 5.91. The molecule has 1 unspecified atom stereocenters. The van der Waals surface area contributed by atoms with Crippen molar-refractivity contribution >= 4 is 11.1 Å². The molecular formula is C34H41NO3. The number of aryl methyl sites for hydroxylation is 1. The average Bonchev–Trinajstić information content (AvgIpc) is 2.97. The van der Waals surface area contributed by atoms with Gasteiger partial charge in [-0.25, -0.2) is 0 Å². The molecule has 0 heterocycles. The van der Waals surface area contributed by atoms with Crippen LogP contribution in [0.4, 0.5) is 0 Å². The Bertz CT molecular complexity index is 1190. The Kier molecular flexibility index (Phi) is 9.16. The number of nitrogens with one attached hydrogen (secondary N) is 1. The predicted molar refractivity (Wildman–Crippen MR) is 155 cm³/mol. The number of rotatable bonds is 10. The molecule has 0 bridgehead atoms. The van der Waals surface area contributed by atoms with Crippen LogP contribution in [-0.4, -0.2) is 26.7 Å². The zero-order chi connectivity index (χ0) is 26.2. The van der Waals surface area contributed by atoms with Gasteiger partial charge in [0, 0.05) is 13.7 Å². The van der Waals surface area contributed by atoms with E-state index in [9.17, 15) is 0 Å². The van der Waals surface area contributed by atoms with Crippen LogP contribution < -0.4 is 14.8 Å². The first-order chi connectivity index (χ1) is 18.7. The van der Waals surface area contributed by atoms with Gasteiger partial charge in [0.15, 0.2) is 6.79 Å². The summed E-state index contributed by atoms with van der Waals surface area (Å²) in [5.74, 6) is 2.49. The van der Waals surface area contributed by atoms with Gasteiger partial charge in [-0.05, 0) is 103 Å². The van der Waals surface area contributed by atoms with Gasteiger partial charge in [-0.2, -0.15) is 0 Å². The summed E-state index contributed by atoms with van der Waals surface area (Å²) in [6.45, 7) is 3.39. The van der Waals surface area contributed by atoms with Crippen LogP contribution in [0.15, 0.2) is 72.8 Å². The van der Waals surface area contributed by atoms with Crippen LogP contribution in [0.25, 0.3) is 11.1 Å². The first-order valence-corrected chi connectivity index (χ1v) is 14.3. The smallest absolute Gasteiger partial charge is 0.188 e. The summed E-state index contributed by atoms with van der Waals surface area (Å²) >= 11 is 0. The average molecular weight is 512 g/mol. The standard InChI is InChI=1S/C34H41NO3/c1-25(35-23-26-9-4-3-5-10-26)38-31-21-17-29(18-22-31)34(28-15-19-30(20-16-28)37-24-36-2)33-14-8-12-27-11-6-7-13-32(27)33/h6-7,11,13,15-22,25-26,35H,3-5,8-10,12,14,23-24H2,1-2H3. The van der Waals surface area contributed by atoms with E-state index in [0.29, 0.717) is 0 Å². The second-order valence-corrected chi connectivity index (χ2v) is 10.6. The van der Waals surface area contributed by atoms with Crippen LogP contribution in [0.1, 0.15) is 74.1 Å². The van der Waals surface area contributed by atoms with E-state index >= 15 is 0 Å². The minimum Gasteiger partial charge on any atom is -0.476 e. The van der Waals surface area contributed by atoms with Crippen LogP contribution in [0.2, 0.25) is 0 Å². The fraction of sp³-hybridized carbons (Fsp3) is 0.412. The second-order valence-electron chi connectivity index (χ2n) is 10.6. The maximum atomic E-state index is 6.25. The highest BCUT2D eigenvalue weighted by atomic mass is 16.7. The Hall–Kier alpha value is -3.08. The minimum atomic E-state index is -0.00883. The van der Waals surface area contributed by atoms with E-state index < -0.39 is 0 Å². The molecule has 0 aliphatic heterocycles. The van der Waals surface area contributed by atoms with E-state index in [1.807, 2.05) is 12.1 Å². The number of ether oxygens (including phenoxy) is 3. The summed E-state index contributed by atoms with van der Waals surface area (Å²) in [6.07, 6.45) is 10.2. The molecule has 1 N–H and O–H groups in total. The van der Waals surface area contributed by atoms with E-state index in [1.54, 1.807) is 7.11 Å². The van der Waals surface area contributed by atoms with Gasteiger partial charge in [0.05, 0.1) is 0 Å². The quantitative estimate of drug-likeness (QED) is 0.281. The van der Waals surface area contributed by atoms with Gasteiger partial charge in [-0.15, -0.1) is 0 Å². The molecule has 0 spiro atoms. The van der Waals surface area contributed by atoms with Crippen molar-refractivity contribution in [3.63, 3.8) is 0 Å². The van der Waals surface area contributed by atoms with Crippen LogP contribution in [0, 0.1) is 5.92 Å². The Morgan fingerprint density at radius 1 is 0.816 bits per heavy atom. The molecule has 5 rings (SSSR count). The van der Waals surface area contributed by atoms with Gasteiger partial charge in [0.2, 0.25) is 0 Å². The molecule has 0 aromatic heterocycles. The molecule has 4 heteroatoms. The summed E-state index contributed by atoms with van der Waals surface area (Å²) in [6, 6.07) is 25.9. The van der Waals surface area contributed by atoms with Crippen LogP contribution >= 0.6 is 0 Å². The minimum absolute atomic E-state index is 0.00883. The van der Waals surface area contributed by atoms with E-state index in [2.05, 4.69) is 72.9 Å². The molecular weight excluding hydrogens is 470 g/mol. The van der Waals surface area contributed by atoms with Gasteiger partial charge < -0.3 is 14.2 Å². The maximum absolute atomic E-state index is 6.25. The number of fused-ring (bicyclic) bond motifs is 1. The molecule has 1 saturated carbocycles. The zero-order valence-corrected chi connectivity index (χ0v) is 22.9. The number of hydrogen-bond donors (Lipinski definition) is 1. The van der Waals surface area contributed by atoms with E-state index in [1.165, 1.54) is 65.5 Å². The van der Waals surface area contributed by atoms with Gasteiger partial charge in [-0.1, -0.05) is 67.8 Å². The third-order valence-electron chi connectivity index (χ3n) is 7.88. The fourth-order valence-corrected chi connectivity index (χ4v) is 5.91. The lowest BCUT2D eigenvalue weighted by Gasteiger charge is -2.25. The molecule has 4 nitrogen and oxygen atoms in total. The Morgan fingerprint density at radius 3 is 2.21 bits per heavy atom. The first kappa shape index (κ1) is 26.5. The summed E-state index contributed by atoms with van der Waals surface area (Å²) in [5, 5.41) is 3.59. The van der Waals surface area contributed by atoms with Crippen molar-refractivity contribution in [3.8, 4) is 11.5 Å². The van der Waals surface area contributed by atoms with Crippen molar-refractivity contribution in [1.29, 1.82) is 0 Å². The zero-order valence-electron chi connectivity index (χ0n) is 22.9. The van der Waals surface area contributed by atoms with Crippen molar-refractivity contribution in [2.75, 3.05) is 20.4 Å². The van der Waals surface area contributed by atoms with Crippen molar-refractivity contribution in [1.82, 2.24) is 5.32 Å². The largest absolute Gasteiger partial charge is 0.476 e. The number of benzene rings is 3. The summed E-state index contributed by atoms with van der Waals surface area (Å²) in [5.41, 5.74) is 7.90. The van der Waals surface area contributed by atoms with Gasteiger partial charge in [-0.3, -0.25) is 5.32 Å². The van der Waals surface area contributed by atoms with Crippen molar-refractivity contribution in [2.24, 2.45) is 5.92 Å². The van der Waals surface area contributed by atoms with Crippen molar-refractivity contribution in [2.45, 2.75) is 64.5 Å². The number of allylic oxidation sites excluding steroid dienone is 1. The molecule has 1 atom stereocenters. The van der Waals surface area contributed by atoms with Crippen molar-refractivity contribution < 1.29 is 14.2 Å². The normalized spacial score (nSPS) is 17.9. The number of methoxy groups -OCH3 is 1. The van der Waals surface area contributed by atoms with Crippen molar-refractivity contribution in [3.05, 3.63) is 95.1 Å². The van der Waals surface area contributed by atoms with E-state index in [-0.39, 0.29) is 13.0 Å². The van der Waals surface area contributed by atoms with Crippen LogP contribution in [-0.2, 0) is 11.2 Å². The first-order valence-electron chi connectivity index (χ1n) is 14.3. The molecule has 2 aliphatic rings. The SMILES string of the molecule is COCOc1ccc(C(=C2CCCc3ccccc32)c2ccc(OC(C)NCC3CCCCC3)cc2)cc1. The summed E-state index contributed by atoms with van der Waals surface area (Å²) in [7, 11) is 1.64. The highest BCUT2D eigenvalue weighted by Crippen LogP contribution is 2.40. The molecule has 0 saturated heterocycles. The molecule has 1 fully saturated rings. The molecule has 3 aromatic carbocycles. The topological polar surface area (TPSA) is 39.7 Å². The predicted octanol–water partition coefficient (Wildman–Crippen LogP) is 7.86. The molecule has 3 aromatic rings. The highest BCUT2D eigenvalue weighted by Gasteiger charge is 2.20. The Morgan fingerprint density at radius 2 is 1.50 bits per heavy atom. The monoisotopic (exact) mass is 511 g/mol. The maximum Gasteiger partial charge on any atom is 0.188 e. The third-order valence-corrected chi connectivity index (χ3v) is 7.88. The van der Waals surface area contributed by atoms with Gasteiger partial charge in [0.1, 0.15) is 17.7 Å². The Balaban J connectivity index is 1.39. The van der Waals surface area contributed by atoms with E-state index in [4.69, 9.17) is 14.2 Å². The lowest BCUT2D eigenvalue weighted by molar-refractivity contribution is 0.0511. The Labute approximate surface area is 228 Å². The molecule has 2 aliphatic carbocycles. The third kappa shape index (κ3) is 6.67. The van der Waals surface area contributed by atoms with Crippen LogP contribution in [0.3, 0.4) is 0 Å². The van der Waals surface area contributed by atoms with E-state index in [0.717, 1.165) is 43.2 Å². The van der Waals surface area contributed by atoms with Gasteiger partial charge >= 0.3 is 0 Å².